The molecule has 56 valence electrons. The van der Waals surface area contributed by atoms with Crippen molar-refractivity contribution in [3.8, 4) is 0 Å². The summed E-state index contributed by atoms with van der Waals surface area (Å²) < 4.78 is 10.7. The van der Waals surface area contributed by atoms with Crippen molar-refractivity contribution in [2.75, 3.05) is 13.2 Å². The maximum absolute atomic E-state index is 5.34. The summed E-state index contributed by atoms with van der Waals surface area (Å²) in [7, 11) is 0.156. The lowest BCUT2D eigenvalue weighted by Gasteiger charge is -1.98. The van der Waals surface area contributed by atoms with Crippen LogP contribution in [0.1, 0.15) is 13.8 Å². The van der Waals surface area contributed by atoms with Crippen LogP contribution >= 0.6 is 0 Å². The van der Waals surface area contributed by atoms with E-state index in [1.165, 1.54) is 0 Å². The monoisotopic (exact) mass is 180 g/mol. The van der Waals surface area contributed by atoms with Gasteiger partial charge in [0.1, 0.15) is 18.6 Å². The number of hydrogen-bond acceptors (Lipinski definition) is 2. The largest absolute Gasteiger partial charge is 0.428 e. The Morgan fingerprint density at radius 2 is 1.44 bits per heavy atom. The molecule has 9 heavy (non-hydrogen) atoms. The maximum atomic E-state index is 5.34. The highest BCUT2D eigenvalue weighted by atomic mass is 29.5. The van der Waals surface area contributed by atoms with Gasteiger partial charge in [0.25, 0.3) is 0 Å². The lowest BCUT2D eigenvalue weighted by Crippen LogP contribution is -2.18. The molecule has 0 aromatic rings. The molecule has 0 amide bonds. The van der Waals surface area contributed by atoms with E-state index in [4.69, 9.17) is 8.85 Å². The van der Waals surface area contributed by atoms with Crippen LogP contribution in [0, 0.1) is 0 Å². The highest BCUT2D eigenvalue weighted by Crippen LogP contribution is 1.68. The molecule has 0 aliphatic rings. The summed E-state index contributed by atoms with van der Waals surface area (Å²) in [5, 5.41) is 0. The first-order valence-electron chi connectivity index (χ1n) is 3.57. The fraction of sp³-hybridized carbons (Fsp3) is 1.00. The molecule has 0 saturated heterocycles. The van der Waals surface area contributed by atoms with Gasteiger partial charge in [-0.2, -0.15) is 0 Å². The van der Waals surface area contributed by atoms with Crippen molar-refractivity contribution >= 4 is 27.1 Å². The summed E-state index contributed by atoms with van der Waals surface area (Å²) in [6.45, 7) is 6.01. The Morgan fingerprint density at radius 3 is 1.78 bits per heavy atom. The molecule has 0 aliphatic carbocycles. The third-order valence-corrected chi connectivity index (χ3v) is 11.6. The van der Waals surface area contributed by atoms with E-state index in [9.17, 15) is 0 Å². The minimum Gasteiger partial charge on any atom is -0.428 e. The first-order chi connectivity index (χ1) is 4.41. The summed E-state index contributed by atoms with van der Waals surface area (Å²) >= 11 is 0. The van der Waals surface area contributed by atoms with Crippen molar-refractivity contribution in [1.29, 1.82) is 0 Å². The normalized spacial score (nSPS) is 14.0. The third-order valence-electron chi connectivity index (χ3n) is 0.986. The van der Waals surface area contributed by atoms with Gasteiger partial charge in [0.2, 0.25) is 0 Å². The Bertz CT molecular complexity index is 47.1. The van der Waals surface area contributed by atoms with Crippen LogP contribution in [-0.4, -0.2) is 40.3 Å². The van der Waals surface area contributed by atoms with Crippen molar-refractivity contribution in [2.24, 2.45) is 0 Å². The smallest absolute Gasteiger partial charge is 0.143 e. The fourth-order valence-corrected chi connectivity index (χ4v) is 9.70. The van der Waals surface area contributed by atoms with Gasteiger partial charge in [0.15, 0.2) is 0 Å². The SMILES string of the molecule is CCO[SiH2][SiH2][SiH2]OCC. The molecule has 5 heteroatoms. The topological polar surface area (TPSA) is 18.5 Å². The van der Waals surface area contributed by atoms with Gasteiger partial charge >= 0.3 is 0 Å². The van der Waals surface area contributed by atoms with Crippen LogP contribution in [0.4, 0.5) is 0 Å². The van der Waals surface area contributed by atoms with Gasteiger partial charge in [-0.1, -0.05) is 0 Å². The second-order valence-corrected chi connectivity index (χ2v) is 15.0. The van der Waals surface area contributed by atoms with E-state index in [0.29, 0.717) is 0 Å². The predicted octanol–water partition coefficient (Wildman–Crippen LogP) is -1.77. The van der Waals surface area contributed by atoms with Crippen LogP contribution < -0.4 is 0 Å². The molecule has 0 aromatic heterocycles. The van der Waals surface area contributed by atoms with E-state index in [1.807, 2.05) is 0 Å². The van der Waals surface area contributed by atoms with Gasteiger partial charge in [-0.25, -0.2) is 0 Å². The van der Waals surface area contributed by atoms with Crippen LogP contribution in [0.3, 0.4) is 0 Å². The van der Waals surface area contributed by atoms with E-state index in [1.54, 1.807) is 0 Å². The van der Waals surface area contributed by atoms with Crippen molar-refractivity contribution in [3.05, 3.63) is 0 Å². The van der Waals surface area contributed by atoms with Crippen molar-refractivity contribution in [2.45, 2.75) is 13.8 Å². The van der Waals surface area contributed by atoms with Gasteiger partial charge in [-0.15, -0.1) is 0 Å². The number of rotatable bonds is 6. The quantitative estimate of drug-likeness (QED) is 0.356. The Morgan fingerprint density at radius 1 is 1.00 bits per heavy atom. The summed E-state index contributed by atoms with van der Waals surface area (Å²) in [6, 6.07) is 0. The van der Waals surface area contributed by atoms with E-state index in [0.717, 1.165) is 13.2 Å². The van der Waals surface area contributed by atoms with Gasteiger partial charge in [0.05, 0.1) is 8.55 Å². The van der Waals surface area contributed by atoms with Crippen LogP contribution in [0.25, 0.3) is 0 Å². The summed E-state index contributed by atoms with van der Waals surface area (Å²) in [5.41, 5.74) is 0. The minimum atomic E-state index is -0.0334. The highest BCUT2D eigenvalue weighted by Gasteiger charge is 1.89. The summed E-state index contributed by atoms with van der Waals surface area (Å²) in [6.07, 6.45) is 0. The standard InChI is InChI=1S/C4H16O2Si3/c1-3-5-7-9-8-6-4-2/h3-4,7-9H2,1-2H3. The average molecular weight is 180 g/mol. The van der Waals surface area contributed by atoms with Crippen LogP contribution in [0.5, 0.6) is 0 Å². The van der Waals surface area contributed by atoms with Crippen LogP contribution in [0.15, 0.2) is 0 Å². The highest BCUT2D eigenvalue weighted by molar-refractivity contribution is 7.26. The Kier molecular flexibility index (Phi) is 9.11. The van der Waals surface area contributed by atoms with Crippen molar-refractivity contribution in [1.82, 2.24) is 0 Å². The van der Waals surface area contributed by atoms with Crippen molar-refractivity contribution in [3.63, 3.8) is 0 Å². The molecule has 0 spiro atoms. The molecule has 0 N–H and O–H groups in total. The van der Waals surface area contributed by atoms with E-state index in [2.05, 4.69) is 13.8 Å². The number of hydrogen-bond donors (Lipinski definition) is 0. The molecule has 0 bridgehead atoms. The van der Waals surface area contributed by atoms with Crippen molar-refractivity contribution < 1.29 is 8.85 Å². The predicted molar refractivity (Wildman–Crippen MR) is 48.9 cm³/mol. The second kappa shape index (κ2) is 8.57. The molecule has 0 aliphatic heterocycles. The summed E-state index contributed by atoms with van der Waals surface area (Å²) in [4.78, 5) is 0. The maximum Gasteiger partial charge on any atom is 0.143 e. The zero-order chi connectivity index (χ0) is 6.95. The molecule has 0 rings (SSSR count). The molecule has 0 atom stereocenters. The molecule has 0 unspecified atom stereocenters. The zero-order valence-corrected chi connectivity index (χ0v) is 10.6. The third kappa shape index (κ3) is 8.57. The van der Waals surface area contributed by atoms with Gasteiger partial charge < -0.3 is 8.85 Å². The Labute approximate surface area is 63.6 Å². The zero-order valence-electron chi connectivity index (χ0n) is 6.35. The van der Waals surface area contributed by atoms with Crippen LogP contribution in [0.2, 0.25) is 0 Å². The Hall–Kier alpha value is 0.571. The molecule has 0 fully saturated rings. The molecular weight excluding hydrogens is 164 g/mol. The Balaban J connectivity index is 2.60. The lowest BCUT2D eigenvalue weighted by molar-refractivity contribution is 0.366. The van der Waals surface area contributed by atoms with E-state index in [-0.39, 0.29) is 27.1 Å². The molecule has 0 saturated carbocycles. The van der Waals surface area contributed by atoms with Crippen LogP contribution in [-0.2, 0) is 8.85 Å². The first-order valence-corrected chi connectivity index (χ1v) is 12.7. The molecule has 0 radical (unpaired) electrons. The van der Waals surface area contributed by atoms with E-state index < -0.39 is 0 Å². The molecule has 0 heterocycles. The summed E-state index contributed by atoms with van der Waals surface area (Å²) in [5.74, 6) is 0. The second-order valence-electron chi connectivity index (χ2n) is 1.75. The lowest BCUT2D eigenvalue weighted by atomic mass is 10.9. The minimum absolute atomic E-state index is 0.0334. The van der Waals surface area contributed by atoms with Gasteiger partial charge in [0, 0.05) is 13.2 Å². The van der Waals surface area contributed by atoms with Gasteiger partial charge in [-0.3, -0.25) is 0 Å². The average Bonchev–Trinajstić information content (AvgIpc) is 1.89. The first kappa shape index (κ1) is 9.57. The van der Waals surface area contributed by atoms with Gasteiger partial charge in [-0.05, 0) is 13.8 Å². The molecule has 0 aromatic carbocycles. The van der Waals surface area contributed by atoms with E-state index >= 15 is 0 Å². The molecular formula is C4H16O2Si3. The molecule has 2 nitrogen and oxygen atoms in total. The fourth-order valence-electron chi connectivity index (χ4n) is 0.552.